The van der Waals surface area contributed by atoms with E-state index in [0.717, 1.165) is 0 Å². The zero-order valence-corrected chi connectivity index (χ0v) is 11.9. The van der Waals surface area contributed by atoms with Gasteiger partial charge in [-0.05, 0) is 24.3 Å². The van der Waals surface area contributed by atoms with Gasteiger partial charge < -0.3 is 10.5 Å². The fourth-order valence-corrected chi connectivity index (χ4v) is 1.54. The number of nitrogens with one attached hydrogen (secondary N) is 1. The van der Waals surface area contributed by atoms with E-state index in [1.54, 1.807) is 0 Å². The Morgan fingerprint density at radius 1 is 1.26 bits per heavy atom. The fraction of sp³-hybridized carbons (Fsp3) is 0.0714. The molecule has 1 aromatic heterocycles. The Kier molecular flexibility index (Phi) is 5.18. The van der Waals surface area contributed by atoms with Gasteiger partial charge in [-0.3, -0.25) is 19.9 Å². The van der Waals surface area contributed by atoms with Crippen LogP contribution in [0, 0.1) is 10.1 Å². The van der Waals surface area contributed by atoms with E-state index in [9.17, 15) is 14.9 Å². The molecule has 0 aliphatic heterocycles. The highest BCUT2D eigenvalue weighted by molar-refractivity contribution is 5.95. The second kappa shape index (κ2) is 7.50. The lowest BCUT2D eigenvalue weighted by molar-refractivity contribution is -0.384. The van der Waals surface area contributed by atoms with Crippen molar-refractivity contribution in [1.82, 2.24) is 10.4 Å². The molecular weight excluding hydrogens is 302 g/mol. The molecule has 0 radical (unpaired) electrons. The summed E-state index contributed by atoms with van der Waals surface area (Å²) in [5.41, 5.74) is 8.26. The maximum atomic E-state index is 11.7. The van der Waals surface area contributed by atoms with E-state index >= 15 is 0 Å². The summed E-state index contributed by atoms with van der Waals surface area (Å²) in [5, 5.41) is 14.2. The van der Waals surface area contributed by atoms with Crippen molar-refractivity contribution >= 4 is 17.4 Å². The number of ether oxygens (including phenoxy) is 1. The number of rotatable bonds is 6. The van der Waals surface area contributed by atoms with Crippen LogP contribution in [0.5, 0.6) is 5.75 Å². The molecule has 0 aliphatic carbocycles. The van der Waals surface area contributed by atoms with Crippen LogP contribution in [0.2, 0.25) is 0 Å². The van der Waals surface area contributed by atoms with Crippen LogP contribution in [-0.4, -0.2) is 28.3 Å². The average molecular weight is 315 g/mol. The minimum atomic E-state index is -0.506. The zero-order valence-electron chi connectivity index (χ0n) is 11.9. The third kappa shape index (κ3) is 4.77. The number of aromatic nitrogens is 1. The monoisotopic (exact) mass is 315 g/mol. The molecule has 1 aromatic carbocycles. The summed E-state index contributed by atoms with van der Waals surface area (Å²) < 4.78 is 5.30. The first-order chi connectivity index (χ1) is 11.1. The molecule has 0 fully saturated rings. The van der Waals surface area contributed by atoms with E-state index in [1.165, 1.54) is 48.8 Å². The number of nitrogens with zero attached hydrogens (tertiary/aromatic N) is 3. The zero-order chi connectivity index (χ0) is 16.7. The van der Waals surface area contributed by atoms with Crippen molar-refractivity contribution < 1.29 is 14.5 Å². The molecular formula is C14H13N5O4. The van der Waals surface area contributed by atoms with E-state index < -0.39 is 10.8 Å². The van der Waals surface area contributed by atoms with Gasteiger partial charge in [-0.15, -0.1) is 0 Å². The van der Waals surface area contributed by atoms with E-state index in [2.05, 4.69) is 15.5 Å². The predicted octanol–water partition coefficient (Wildman–Crippen LogP) is 1.07. The van der Waals surface area contributed by atoms with Crippen molar-refractivity contribution in [3.05, 3.63) is 64.5 Å². The standard InChI is InChI=1S/C14H13N5O4/c15-13(17-18-14(20)10-5-7-16-8-6-10)9-23-12-3-1-11(2-4-12)19(21)22/h1-8H,9H2,(H2,15,17)(H,18,20). The number of hydrogen-bond acceptors (Lipinski definition) is 6. The second-order valence-corrected chi connectivity index (χ2v) is 4.32. The summed E-state index contributed by atoms with van der Waals surface area (Å²) in [6.07, 6.45) is 2.97. The van der Waals surface area contributed by atoms with Crippen LogP contribution in [-0.2, 0) is 0 Å². The fourth-order valence-electron chi connectivity index (χ4n) is 1.54. The van der Waals surface area contributed by atoms with Crippen LogP contribution in [0.4, 0.5) is 5.69 Å². The summed E-state index contributed by atoms with van der Waals surface area (Å²) in [7, 11) is 0. The normalized spacial score (nSPS) is 10.9. The number of amides is 1. The molecule has 0 saturated carbocycles. The van der Waals surface area contributed by atoms with Crippen LogP contribution >= 0.6 is 0 Å². The number of hydrazone groups is 1. The Bertz CT molecular complexity index is 716. The predicted molar refractivity (Wildman–Crippen MR) is 81.9 cm³/mol. The highest BCUT2D eigenvalue weighted by atomic mass is 16.6. The van der Waals surface area contributed by atoms with Gasteiger partial charge in [0.25, 0.3) is 11.6 Å². The molecule has 118 valence electrons. The van der Waals surface area contributed by atoms with Crippen LogP contribution in [0.1, 0.15) is 10.4 Å². The first kappa shape index (κ1) is 15.9. The molecule has 2 rings (SSSR count). The first-order valence-electron chi connectivity index (χ1n) is 6.46. The molecule has 0 atom stereocenters. The van der Waals surface area contributed by atoms with Crippen molar-refractivity contribution in [2.24, 2.45) is 10.8 Å². The first-order valence-corrected chi connectivity index (χ1v) is 6.46. The summed E-state index contributed by atoms with van der Waals surface area (Å²) in [4.78, 5) is 25.5. The maximum absolute atomic E-state index is 11.7. The van der Waals surface area contributed by atoms with E-state index in [-0.39, 0.29) is 18.1 Å². The molecule has 2 aromatic rings. The van der Waals surface area contributed by atoms with E-state index in [0.29, 0.717) is 11.3 Å². The highest BCUT2D eigenvalue weighted by Crippen LogP contribution is 2.16. The lowest BCUT2D eigenvalue weighted by atomic mass is 10.3. The van der Waals surface area contributed by atoms with Crippen LogP contribution in [0.25, 0.3) is 0 Å². The van der Waals surface area contributed by atoms with Gasteiger partial charge in [-0.2, -0.15) is 5.10 Å². The van der Waals surface area contributed by atoms with Crippen molar-refractivity contribution in [1.29, 1.82) is 0 Å². The number of benzene rings is 1. The topological polar surface area (TPSA) is 133 Å². The Labute approximate surface area is 130 Å². The van der Waals surface area contributed by atoms with Crippen molar-refractivity contribution in [3.63, 3.8) is 0 Å². The smallest absolute Gasteiger partial charge is 0.271 e. The largest absolute Gasteiger partial charge is 0.486 e. The third-order valence-corrected chi connectivity index (χ3v) is 2.68. The highest BCUT2D eigenvalue weighted by Gasteiger charge is 2.06. The number of pyridine rings is 1. The van der Waals surface area contributed by atoms with Gasteiger partial charge in [0.15, 0.2) is 5.84 Å². The Morgan fingerprint density at radius 2 is 1.91 bits per heavy atom. The Hall–Kier alpha value is -3.49. The van der Waals surface area contributed by atoms with Gasteiger partial charge in [0.1, 0.15) is 12.4 Å². The number of nitro benzene ring substituents is 1. The van der Waals surface area contributed by atoms with E-state index in [1.807, 2.05) is 0 Å². The molecule has 9 nitrogen and oxygen atoms in total. The molecule has 0 spiro atoms. The van der Waals surface area contributed by atoms with Gasteiger partial charge in [0.05, 0.1) is 4.92 Å². The van der Waals surface area contributed by atoms with Crippen molar-refractivity contribution in [3.8, 4) is 5.75 Å². The van der Waals surface area contributed by atoms with Crippen LogP contribution in [0.3, 0.4) is 0 Å². The molecule has 9 heteroatoms. The molecule has 0 bridgehead atoms. The second-order valence-electron chi connectivity index (χ2n) is 4.32. The van der Waals surface area contributed by atoms with Gasteiger partial charge in [-0.25, -0.2) is 5.43 Å². The number of carbonyl (C=O) groups is 1. The van der Waals surface area contributed by atoms with E-state index in [4.69, 9.17) is 10.5 Å². The lowest BCUT2D eigenvalue weighted by Gasteiger charge is -2.06. The quantitative estimate of drug-likeness (QED) is 0.354. The Balaban J connectivity index is 1.85. The lowest BCUT2D eigenvalue weighted by Crippen LogP contribution is -2.27. The molecule has 3 N–H and O–H groups in total. The summed E-state index contributed by atoms with van der Waals surface area (Å²) in [6.45, 7) is -0.0750. The van der Waals surface area contributed by atoms with Gasteiger partial charge in [0, 0.05) is 30.1 Å². The molecule has 0 aliphatic rings. The third-order valence-electron chi connectivity index (χ3n) is 2.68. The average Bonchev–Trinajstić information content (AvgIpc) is 2.59. The van der Waals surface area contributed by atoms with Crippen LogP contribution < -0.4 is 15.9 Å². The molecule has 23 heavy (non-hydrogen) atoms. The molecule has 1 amide bonds. The number of hydrogen-bond donors (Lipinski definition) is 2. The number of non-ortho nitro benzene ring substituents is 1. The molecule has 0 unspecified atom stereocenters. The number of amidine groups is 1. The van der Waals surface area contributed by atoms with Crippen LogP contribution in [0.15, 0.2) is 53.9 Å². The minimum Gasteiger partial charge on any atom is -0.486 e. The molecule has 1 heterocycles. The van der Waals surface area contributed by atoms with Crippen molar-refractivity contribution in [2.75, 3.05) is 6.61 Å². The summed E-state index contributed by atoms with van der Waals surface area (Å²) in [5.74, 6) is 0.0191. The maximum Gasteiger partial charge on any atom is 0.271 e. The van der Waals surface area contributed by atoms with Gasteiger partial charge >= 0.3 is 0 Å². The van der Waals surface area contributed by atoms with Gasteiger partial charge in [-0.1, -0.05) is 0 Å². The Morgan fingerprint density at radius 3 is 2.52 bits per heavy atom. The molecule has 0 saturated heterocycles. The summed E-state index contributed by atoms with van der Waals surface area (Å²) in [6, 6.07) is 8.59. The van der Waals surface area contributed by atoms with Crippen molar-refractivity contribution in [2.45, 2.75) is 0 Å². The van der Waals surface area contributed by atoms with Gasteiger partial charge in [0.2, 0.25) is 0 Å². The number of carbonyl (C=O) groups excluding carboxylic acids is 1. The number of nitrogens with two attached hydrogens (primary N) is 1. The minimum absolute atomic E-state index is 0.0383. The summed E-state index contributed by atoms with van der Waals surface area (Å²) >= 11 is 0. The SMILES string of the molecule is N/C(COc1ccc([N+](=O)[O-])cc1)=N/NC(=O)c1ccncc1. The number of nitro groups is 1.